The number of esters is 3. The van der Waals surface area contributed by atoms with Crippen molar-refractivity contribution >= 4 is 78.6 Å². The Morgan fingerprint density at radius 3 is 1.11 bits per heavy atom. The molecule has 3 N–H and O–H groups in total. The Balaban J connectivity index is 0.000000315. The first-order valence-corrected chi connectivity index (χ1v) is 33.8. The number of aromatic nitrogens is 10. The summed E-state index contributed by atoms with van der Waals surface area (Å²) in [5.41, 5.74) is 6.62. The molecule has 1 aliphatic carbocycles. The topological polar surface area (TPSA) is 351 Å². The summed E-state index contributed by atoms with van der Waals surface area (Å²) in [7, 11) is 10.6. The van der Waals surface area contributed by atoms with Gasteiger partial charge in [-0.25, -0.2) is 0 Å². The largest absolute Gasteiger partial charge is 0.506 e. The van der Waals surface area contributed by atoms with Crippen LogP contribution >= 0.6 is 38.6 Å². The van der Waals surface area contributed by atoms with Gasteiger partial charge in [0.2, 0.25) is 22.1 Å². The highest BCUT2D eigenvalue weighted by Crippen LogP contribution is 2.43. The lowest BCUT2D eigenvalue weighted by molar-refractivity contribution is -0.140. The van der Waals surface area contributed by atoms with Crippen LogP contribution in [0.15, 0.2) is 110 Å². The summed E-state index contributed by atoms with van der Waals surface area (Å²) in [5.74, 6) is 1.05. The smallest absolute Gasteiger partial charge is 0.311 e. The summed E-state index contributed by atoms with van der Waals surface area (Å²) in [6, 6.07) is 21.4. The van der Waals surface area contributed by atoms with E-state index < -0.39 is 0 Å². The molecule has 8 heterocycles. The van der Waals surface area contributed by atoms with E-state index in [0.717, 1.165) is 64.6 Å². The number of rotatable bonds is 28. The van der Waals surface area contributed by atoms with Gasteiger partial charge in [0.05, 0.1) is 122 Å². The molecule has 8 aromatic rings. The summed E-state index contributed by atoms with van der Waals surface area (Å²) in [6.07, 6.45) is 14.2. The van der Waals surface area contributed by atoms with Crippen molar-refractivity contribution in [1.29, 1.82) is 0 Å². The molecule has 2 atom stereocenters. The van der Waals surface area contributed by atoms with Crippen molar-refractivity contribution in [3.63, 3.8) is 0 Å². The molecular weight excluding hydrogens is 1380 g/mol. The lowest BCUT2D eigenvalue weighted by atomic mass is 9.82. The molecule has 8 aromatic heterocycles. The Bertz CT molecular complexity index is 3370. The first-order chi connectivity index (χ1) is 47.9. The zero-order valence-corrected chi connectivity index (χ0v) is 60.5. The average Bonchev–Trinajstić information content (AvgIpc) is 1.72. The van der Waals surface area contributed by atoms with E-state index in [9.17, 15) is 24.0 Å². The number of hydrogen-bond acceptors (Lipinski definition) is 28. The first-order valence-electron chi connectivity index (χ1n) is 31.1. The minimum Gasteiger partial charge on any atom is -0.506 e. The highest BCUT2D eigenvalue weighted by atomic mass is 79.9. The highest BCUT2D eigenvalue weighted by Gasteiger charge is 2.30. The molecule has 0 aliphatic heterocycles. The molecule has 0 radical (unpaired) electrons. The van der Waals surface area contributed by atoms with Gasteiger partial charge in [-0.05, 0) is 112 Å². The second-order valence-electron chi connectivity index (χ2n) is 21.1. The highest BCUT2D eigenvalue weighted by molar-refractivity contribution is 9.09. The van der Waals surface area contributed by atoms with Crippen molar-refractivity contribution < 1.29 is 76.4 Å². The van der Waals surface area contributed by atoms with Gasteiger partial charge in [-0.1, -0.05) is 57.2 Å². The molecule has 1 fully saturated rings. The van der Waals surface area contributed by atoms with Gasteiger partial charge in [0.25, 0.3) is 0 Å². The number of pyridine rings is 6. The Labute approximate surface area is 592 Å². The van der Waals surface area contributed by atoms with Crippen LogP contribution in [-0.2, 0) is 89.2 Å². The Hall–Kier alpha value is -9.11. The number of amides is 2. The maximum atomic E-state index is 12.6. The number of aryl methyl sites for hydroxylation is 3. The molecule has 31 heteroatoms. The van der Waals surface area contributed by atoms with E-state index in [1.165, 1.54) is 61.8 Å². The molecular formula is C68H87BrN12O16S2. The van der Waals surface area contributed by atoms with Crippen LogP contribution in [0.3, 0.4) is 0 Å². The number of nitrogens with one attached hydrogen (secondary N) is 2. The fourth-order valence-corrected chi connectivity index (χ4v) is 10.3. The first kappa shape index (κ1) is 82.3. The summed E-state index contributed by atoms with van der Waals surface area (Å²) in [6.45, 7) is 9.63. The number of carbonyl (C=O) groups excluding carboxylic acids is 5. The molecule has 99 heavy (non-hydrogen) atoms. The van der Waals surface area contributed by atoms with Crippen LogP contribution in [0.5, 0.6) is 23.0 Å². The van der Waals surface area contributed by atoms with Crippen molar-refractivity contribution in [3.8, 4) is 23.0 Å². The lowest BCUT2D eigenvalue weighted by Crippen LogP contribution is -2.15. The van der Waals surface area contributed by atoms with Crippen molar-refractivity contribution in [3.05, 3.63) is 165 Å². The molecule has 0 saturated heterocycles. The van der Waals surface area contributed by atoms with Crippen LogP contribution in [0.25, 0.3) is 0 Å². The third-order valence-electron chi connectivity index (χ3n) is 13.3. The van der Waals surface area contributed by atoms with E-state index in [1.807, 2.05) is 45.2 Å². The predicted octanol–water partition coefficient (Wildman–Crippen LogP) is 9.19. The Morgan fingerprint density at radius 1 is 0.444 bits per heavy atom. The van der Waals surface area contributed by atoms with Gasteiger partial charge >= 0.3 is 17.9 Å². The van der Waals surface area contributed by atoms with E-state index in [0.29, 0.717) is 89.9 Å². The maximum absolute atomic E-state index is 12.6. The fourth-order valence-electron chi connectivity index (χ4n) is 8.13. The summed E-state index contributed by atoms with van der Waals surface area (Å²) < 4.78 is 49.3. The van der Waals surface area contributed by atoms with E-state index in [1.54, 1.807) is 95.7 Å². The van der Waals surface area contributed by atoms with E-state index in [4.69, 9.17) is 33.5 Å². The standard InChI is InChI=1S/C30H36N8O6S2.C11H15NO4.C9H11NO2.C8H9NO3.C7H9N.C3H7BrO/c1-41-10-12-43-23-8-6-21(31-17-23)15-25(39)33-29-37-35-27(45-29)19-4-3-5-20(14-19)28-36-38-30(46-28)34-26(40)16-22-7-9-24(18-32-22)44-13-11-42-2;1-14-5-6-16-10-4-3-9(12-8-10)7-11(13)15-2;1-7-3-4-8(10-6-7)5-9(11)12-2;1-12-8(11)4-6-2-3-7(10)5-9-6;1-6-3-4-7(2)8-5-6;1-5-3-2-4/h6-9,17-20H,3-5,10-16H2,1-2H3,(H,33,37,39)(H,34,38,40);3-4,8H,5-7H2,1-2H3;3-4,6H,5H2,1-2H3;2-3,5,10H,4H2,1H3;3-5H,1-2H3;2-3H2,1H3/t19-,20-;;;;;/m0...../s1. The van der Waals surface area contributed by atoms with Gasteiger partial charge in [0, 0.05) is 75.1 Å². The number of alkyl halides is 1. The molecule has 1 aliphatic rings. The number of anilines is 2. The monoisotopic (exact) mass is 1470 g/mol. The lowest BCUT2D eigenvalue weighted by Gasteiger charge is -2.25. The maximum Gasteiger partial charge on any atom is 0.311 e. The van der Waals surface area contributed by atoms with Gasteiger partial charge in [-0.2, -0.15) is 0 Å². The average molecular weight is 1470 g/mol. The fraction of sp³-hybridized carbons (Fsp3) is 0.426. The van der Waals surface area contributed by atoms with Crippen LogP contribution in [0, 0.1) is 20.8 Å². The van der Waals surface area contributed by atoms with E-state index >= 15 is 0 Å². The quantitative estimate of drug-likeness (QED) is 0.0178. The SMILES string of the molecule is COC(=O)Cc1ccc(C)cn1.COC(=O)Cc1ccc(O)cn1.COCCBr.COCCOc1ccc(CC(=O)Nc2nnc([C@H]3CCC[C@H](c4nnc(NC(=O)Cc5ccc(OCCOC)cn5)s4)C3)s2)nc1.COCCOc1ccc(CC(=O)OC)nc1.Cc1ccc(C)nc1. The summed E-state index contributed by atoms with van der Waals surface area (Å²) in [5, 5.41) is 35.4. The van der Waals surface area contributed by atoms with Crippen LogP contribution in [0.4, 0.5) is 10.3 Å². The Morgan fingerprint density at radius 2 is 0.808 bits per heavy atom. The van der Waals surface area contributed by atoms with Crippen molar-refractivity contribution in [2.24, 2.45) is 0 Å². The van der Waals surface area contributed by atoms with Crippen molar-refractivity contribution in [2.45, 2.75) is 90.4 Å². The van der Waals surface area contributed by atoms with Crippen LogP contribution in [0.1, 0.15) is 92.8 Å². The molecule has 534 valence electrons. The minimum absolute atomic E-state index is 0.0867. The number of nitrogens with zero attached hydrogens (tertiary/aromatic N) is 10. The molecule has 0 aromatic carbocycles. The van der Waals surface area contributed by atoms with Crippen molar-refractivity contribution in [2.75, 3.05) is 112 Å². The van der Waals surface area contributed by atoms with Gasteiger partial charge in [-0.15, -0.1) is 20.4 Å². The van der Waals surface area contributed by atoms with Gasteiger partial charge in [-0.3, -0.25) is 53.9 Å². The molecule has 0 unspecified atom stereocenters. The molecule has 2 amide bonds. The summed E-state index contributed by atoms with van der Waals surface area (Å²) in [4.78, 5) is 82.4. The van der Waals surface area contributed by atoms with Gasteiger partial charge < -0.3 is 63.1 Å². The van der Waals surface area contributed by atoms with Crippen LogP contribution in [0.2, 0.25) is 0 Å². The molecule has 9 rings (SSSR count). The number of methoxy groups -OCH3 is 7. The number of hydrogen-bond donors (Lipinski definition) is 3. The normalized spacial score (nSPS) is 12.6. The van der Waals surface area contributed by atoms with Crippen molar-refractivity contribution in [1.82, 2.24) is 50.3 Å². The zero-order chi connectivity index (χ0) is 72.0. The second-order valence-corrected chi connectivity index (χ2v) is 23.9. The van der Waals surface area contributed by atoms with Gasteiger partial charge in [0.1, 0.15) is 52.8 Å². The molecule has 0 spiro atoms. The Kier molecular flexibility index (Phi) is 40.4. The number of ether oxygens (including phenoxy) is 10. The predicted molar refractivity (Wildman–Crippen MR) is 375 cm³/mol. The number of halogens is 1. The van der Waals surface area contributed by atoms with E-state index in [2.05, 4.69) is 102 Å². The third-order valence-corrected chi connectivity index (χ3v) is 15.6. The molecule has 1 saturated carbocycles. The van der Waals surface area contributed by atoms with Crippen LogP contribution in [-0.4, -0.2) is 186 Å². The number of carbonyl (C=O) groups is 5. The zero-order valence-electron chi connectivity index (χ0n) is 57.3. The number of aromatic hydroxyl groups is 1. The van der Waals surface area contributed by atoms with Gasteiger partial charge in [0.15, 0.2) is 0 Å². The summed E-state index contributed by atoms with van der Waals surface area (Å²) >= 11 is 5.97. The van der Waals surface area contributed by atoms with E-state index in [-0.39, 0.29) is 79.4 Å². The third kappa shape index (κ3) is 35.3. The molecule has 0 bridgehead atoms. The minimum atomic E-state index is -0.340. The van der Waals surface area contributed by atoms with Crippen LogP contribution < -0.4 is 24.8 Å². The second kappa shape index (κ2) is 48.6. The molecule has 28 nitrogen and oxygen atoms in total.